The first-order valence-corrected chi connectivity index (χ1v) is 8.14. The number of benzene rings is 1. The number of hydrogen-bond acceptors (Lipinski definition) is 4. The van der Waals surface area contributed by atoms with E-state index in [2.05, 4.69) is 0 Å². The maximum atomic E-state index is 13.3. The summed E-state index contributed by atoms with van der Waals surface area (Å²) in [6.45, 7) is 4.18. The number of nitrogens with zero attached hydrogens (tertiary/aromatic N) is 1. The second kappa shape index (κ2) is 8.42. The van der Waals surface area contributed by atoms with Gasteiger partial charge in [-0.1, -0.05) is 11.6 Å². The molecule has 0 aliphatic rings. The van der Waals surface area contributed by atoms with Gasteiger partial charge < -0.3 is 14.0 Å². The van der Waals surface area contributed by atoms with Crippen molar-refractivity contribution in [3.8, 4) is 0 Å². The first-order valence-electron chi connectivity index (χ1n) is 7.76. The van der Waals surface area contributed by atoms with Gasteiger partial charge in [-0.15, -0.1) is 0 Å². The molecule has 2 rings (SSSR count). The topological polar surface area (TPSA) is 57.5 Å². The molecule has 0 aliphatic carbocycles. The minimum atomic E-state index is -1.23. The number of methoxy groups -OCH3 is 1. The molecule has 0 atom stereocenters. The summed E-state index contributed by atoms with van der Waals surface area (Å²) in [7, 11) is 1.59. The van der Waals surface area contributed by atoms with Gasteiger partial charge in [-0.05, 0) is 32.0 Å². The Balaban J connectivity index is 2.09. The second-order valence-electron chi connectivity index (χ2n) is 5.67. The van der Waals surface area contributed by atoms with E-state index in [9.17, 15) is 18.4 Å². The number of Topliss-reactive ketones (excluding diaryl/α,β-unsaturated/α-hetero) is 1. The lowest BCUT2D eigenvalue weighted by Gasteiger charge is -2.09. The van der Waals surface area contributed by atoms with Crippen LogP contribution in [0.25, 0.3) is 0 Å². The lowest BCUT2D eigenvalue weighted by Crippen LogP contribution is -2.16. The van der Waals surface area contributed by atoms with E-state index in [0.717, 1.165) is 11.4 Å². The maximum Gasteiger partial charge on any atom is 0.340 e. The standard InChI is InChI=1S/C18H18ClF2NO4/c1-10-6-12(11(2)22(10)4-5-25-3)17(23)9-26-18(24)13-7-15(20)16(21)8-14(13)19/h6-8H,4-5,9H2,1-3H3. The van der Waals surface area contributed by atoms with Gasteiger partial charge in [-0.2, -0.15) is 0 Å². The number of hydrogen-bond donors (Lipinski definition) is 0. The minimum absolute atomic E-state index is 0.293. The zero-order valence-electron chi connectivity index (χ0n) is 14.6. The van der Waals surface area contributed by atoms with E-state index in [1.54, 1.807) is 20.1 Å². The Morgan fingerprint density at radius 2 is 1.77 bits per heavy atom. The third kappa shape index (κ3) is 4.28. The van der Waals surface area contributed by atoms with Crippen molar-refractivity contribution in [3.63, 3.8) is 0 Å². The highest BCUT2D eigenvalue weighted by Gasteiger charge is 2.20. The Bertz CT molecular complexity index is 848. The number of carbonyl (C=O) groups excluding carboxylic acids is 2. The molecule has 1 aromatic carbocycles. The van der Waals surface area contributed by atoms with Gasteiger partial charge in [-0.25, -0.2) is 13.6 Å². The number of esters is 1. The highest BCUT2D eigenvalue weighted by molar-refractivity contribution is 6.33. The van der Waals surface area contributed by atoms with Gasteiger partial charge in [0.2, 0.25) is 5.78 Å². The summed E-state index contributed by atoms with van der Waals surface area (Å²) in [5, 5.41) is -0.293. The minimum Gasteiger partial charge on any atom is -0.454 e. The third-order valence-electron chi connectivity index (χ3n) is 3.96. The molecule has 0 bridgehead atoms. The van der Waals surface area contributed by atoms with Crippen molar-refractivity contribution in [3.05, 3.63) is 57.4 Å². The summed E-state index contributed by atoms with van der Waals surface area (Å²) in [6, 6.07) is 3.02. The van der Waals surface area contributed by atoms with E-state index in [4.69, 9.17) is 21.1 Å². The zero-order chi connectivity index (χ0) is 19.4. The van der Waals surface area contributed by atoms with Gasteiger partial charge in [0.1, 0.15) is 0 Å². The van der Waals surface area contributed by atoms with Gasteiger partial charge in [0.15, 0.2) is 18.2 Å². The first kappa shape index (κ1) is 20.1. The van der Waals surface area contributed by atoms with Crippen molar-refractivity contribution in [2.45, 2.75) is 20.4 Å². The van der Waals surface area contributed by atoms with Gasteiger partial charge in [0.05, 0.1) is 17.2 Å². The van der Waals surface area contributed by atoms with E-state index in [0.29, 0.717) is 30.8 Å². The number of rotatable bonds is 7. The van der Waals surface area contributed by atoms with Crippen LogP contribution in [0.15, 0.2) is 18.2 Å². The lowest BCUT2D eigenvalue weighted by molar-refractivity contribution is 0.0474. The van der Waals surface area contributed by atoms with Crippen molar-refractivity contribution < 1.29 is 27.8 Å². The normalized spacial score (nSPS) is 10.8. The fourth-order valence-electron chi connectivity index (χ4n) is 2.58. The molecule has 0 saturated carbocycles. The highest BCUT2D eigenvalue weighted by atomic mass is 35.5. The first-order chi connectivity index (χ1) is 12.3. The third-order valence-corrected chi connectivity index (χ3v) is 4.27. The van der Waals surface area contributed by atoms with Crippen molar-refractivity contribution in [2.75, 3.05) is 20.3 Å². The fourth-order valence-corrected chi connectivity index (χ4v) is 2.80. The number of carbonyl (C=O) groups is 2. The van der Waals surface area contributed by atoms with Crippen LogP contribution >= 0.6 is 11.6 Å². The fraction of sp³-hybridized carbons (Fsp3) is 0.333. The predicted octanol–water partition coefficient (Wildman–Crippen LogP) is 3.72. The molecule has 0 radical (unpaired) electrons. The quantitative estimate of drug-likeness (QED) is 0.414. The molecule has 26 heavy (non-hydrogen) atoms. The smallest absolute Gasteiger partial charge is 0.340 e. The largest absolute Gasteiger partial charge is 0.454 e. The monoisotopic (exact) mass is 385 g/mol. The summed E-state index contributed by atoms with van der Waals surface area (Å²) in [5.41, 5.74) is 1.68. The average Bonchev–Trinajstić information content (AvgIpc) is 2.88. The van der Waals surface area contributed by atoms with Crippen LogP contribution in [0.3, 0.4) is 0 Å². The van der Waals surface area contributed by atoms with E-state index in [1.165, 1.54) is 0 Å². The van der Waals surface area contributed by atoms with Crippen molar-refractivity contribution in [2.24, 2.45) is 0 Å². The molecule has 0 fully saturated rings. The number of halogens is 3. The molecule has 0 aliphatic heterocycles. The molecule has 140 valence electrons. The summed E-state index contributed by atoms with van der Waals surface area (Å²) >= 11 is 5.72. The SMILES string of the molecule is COCCn1c(C)cc(C(=O)COC(=O)c2cc(F)c(F)cc2Cl)c1C. The Hall–Kier alpha value is -2.25. The predicted molar refractivity (Wildman–Crippen MR) is 91.8 cm³/mol. The Labute approximate surface area is 154 Å². The van der Waals surface area contributed by atoms with Crippen molar-refractivity contribution in [1.29, 1.82) is 0 Å². The molecule has 0 N–H and O–H groups in total. The van der Waals surface area contributed by atoms with Gasteiger partial charge in [0.25, 0.3) is 0 Å². The molecule has 0 saturated heterocycles. The molecule has 1 heterocycles. The molecule has 5 nitrogen and oxygen atoms in total. The van der Waals surface area contributed by atoms with Crippen LogP contribution < -0.4 is 0 Å². The summed E-state index contributed by atoms with van der Waals surface area (Å²) in [6.07, 6.45) is 0. The van der Waals surface area contributed by atoms with Crippen LogP contribution in [0.1, 0.15) is 32.1 Å². The average molecular weight is 386 g/mol. The highest BCUT2D eigenvalue weighted by Crippen LogP contribution is 2.21. The van der Waals surface area contributed by atoms with Crippen molar-refractivity contribution >= 4 is 23.4 Å². The van der Waals surface area contributed by atoms with Gasteiger partial charge in [0, 0.05) is 30.6 Å². The van der Waals surface area contributed by atoms with Crippen molar-refractivity contribution in [1.82, 2.24) is 4.57 Å². The van der Waals surface area contributed by atoms with Crippen LogP contribution in [0.4, 0.5) is 8.78 Å². The number of ether oxygens (including phenoxy) is 2. The van der Waals surface area contributed by atoms with E-state index >= 15 is 0 Å². The van der Waals surface area contributed by atoms with Crippen LogP contribution in [0.5, 0.6) is 0 Å². The Morgan fingerprint density at radius 1 is 1.12 bits per heavy atom. The van der Waals surface area contributed by atoms with Crippen LogP contribution in [0.2, 0.25) is 5.02 Å². The Kier molecular flexibility index (Phi) is 6.50. The van der Waals surface area contributed by atoms with Gasteiger partial charge in [-0.3, -0.25) is 4.79 Å². The van der Waals surface area contributed by atoms with Gasteiger partial charge >= 0.3 is 5.97 Å². The number of aryl methyl sites for hydroxylation is 1. The maximum absolute atomic E-state index is 13.3. The number of aromatic nitrogens is 1. The second-order valence-corrected chi connectivity index (χ2v) is 6.08. The lowest BCUT2D eigenvalue weighted by atomic mass is 10.1. The Morgan fingerprint density at radius 3 is 2.42 bits per heavy atom. The molecule has 2 aromatic rings. The molecular weight excluding hydrogens is 368 g/mol. The molecule has 0 amide bonds. The summed E-state index contributed by atoms with van der Waals surface area (Å²) in [5.74, 6) is -3.82. The molecule has 1 aromatic heterocycles. The van der Waals surface area contributed by atoms with Crippen LogP contribution in [-0.4, -0.2) is 36.6 Å². The summed E-state index contributed by atoms with van der Waals surface area (Å²) < 4.78 is 38.2. The number of ketones is 1. The zero-order valence-corrected chi connectivity index (χ0v) is 15.3. The molecule has 8 heteroatoms. The van der Waals surface area contributed by atoms with E-state index in [-0.39, 0.29) is 10.6 Å². The van der Waals surface area contributed by atoms with Crippen LogP contribution in [-0.2, 0) is 16.0 Å². The molecule has 0 unspecified atom stereocenters. The van der Waals surface area contributed by atoms with E-state index < -0.39 is 30.0 Å². The molecule has 0 spiro atoms. The van der Waals surface area contributed by atoms with E-state index in [1.807, 2.05) is 11.5 Å². The van der Waals surface area contributed by atoms with Crippen LogP contribution in [0, 0.1) is 25.5 Å². The summed E-state index contributed by atoms with van der Waals surface area (Å²) in [4.78, 5) is 24.4. The molecular formula is C18H18ClF2NO4.